The highest BCUT2D eigenvalue weighted by atomic mass is 16.5. The Bertz CT molecular complexity index is 157. The van der Waals surface area contributed by atoms with Gasteiger partial charge in [0.25, 0.3) is 0 Å². The summed E-state index contributed by atoms with van der Waals surface area (Å²) in [6.45, 7) is 6.37. The average Bonchev–Trinajstić information content (AvgIpc) is 2.36. The molecule has 3 nitrogen and oxygen atoms in total. The maximum Gasteiger partial charge on any atom is 0.225 e. The number of carbonyl (C=O) groups is 1. The summed E-state index contributed by atoms with van der Waals surface area (Å²) in [6, 6.07) is 0. The number of hydrogen-bond acceptors (Lipinski definition) is 2. The second-order valence-electron chi connectivity index (χ2n) is 3.71. The first kappa shape index (κ1) is 9.52. The first-order chi connectivity index (χ1) is 5.70. The monoisotopic (exact) mass is 171 g/mol. The number of rotatable bonds is 4. The SMILES string of the molecule is CC(C)COCC1CCNC1=O. The third-order valence-electron chi connectivity index (χ3n) is 1.93. The highest BCUT2D eigenvalue weighted by molar-refractivity contribution is 5.80. The predicted molar refractivity (Wildman–Crippen MR) is 46.8 cm³/mol. The first-order valence-electron chi connectivity index (χ1n) is 4.55. The largest absolute Gasteiger partial charge is 0.380 e. The zero-order valence-electron chi connectivity index (χ0n) is 7.80. The number of amides is 1. The quantitative estimate of drug-likeness (QED) is 0.679. The topological polar surface area (TPSA) is 38.3 Å². The van der Waals surface area contributed by atoms with E-state index in [9.17, 15) is 4.79 Å². The Morgan fingerprint density at radius 3 is 2.92 bits per heavy atom. The van der Waals surface area contributed by atoms with Gasteiger partial charge in [-0.05, 0) is 12.3 Å². The van der Waals surface area contributed by atoms with Crippen LogP contribution in [0.4, 0.5) is 0 Å². The van der Waals surface area contributed by atoms with Crippen molar-refractivity contribution in [1.29, 1.82) is 0 Å². The van der Waals surface area contributed by atoms with Crippen LogP contribution in [-0.2, 0) is 9.53 Å². The molecule has 70 valence electrons. The molecule has 1 heterocycles. The molecule has 0 aromatic rings. The minimum atomic E-state index is 0.101. The number of nitrogens with one attached hydrogen (secondary N) is 1. The van der Waals surface area contributed by atoms with Crippen LogP contribution in [0, 0.1) is 11.8 Å². The molecule has 1 atom stereocenters. The molecule has 1 amide bonds. The van der Waals surface area contributed by atoms with Gasteiger partial charge in [-0.3, -0.25) is 4.79 Å². The van der Waals surface area contributed by atoms with Gasteiger partial charge in [0.15, 0.2) is 0 Å². The van der Waals surface area contributed by atoms with Gasteiger partial charge in [0, 0.05) is 13.2 Å². The molecule has 1 saturated heterocycles. The van der Waals surface area contributed by atoms with Gasteiger partial charge < -0.3 is 10.1 Å². The van der Waals surface area contributed by atoms with E-state index in [0.29, 0.717) is 12.5 Å². The van der Waals surface area contributed by atoms with Crippen LogP contribution < -0.4 is 5.32 Å². The molecule has 1 N–H and O–H groups in total. The summed E-state index contributed by atoms with van der Waals surface area (Å²) in [4.78, 5) is 11.1. The average molecular weight is 171 g/mol. The van der Waals surface area contributed by atoms with Crippen molar-refractivity contribution in [2.45, 2.75) is 20.3 Å². The van der Waals surface area contributed by atoms with Crippen molar-refractivity contribution < 1.29 is 9.53 Å². The van der Waals surface area contributed by atoms with Gasteiger partial charge in [0.1, 0.15) is 0 Å². The lowest BCUT2D eigenvalue weighted by molar-refractivity contribution is -0.124. The minimum absolute atomic E-state index is 0.101. The van der Waals surface area contributed by atoms with Crippen LogP contribution in [0.15, 0.2) is 0 Å². The molecule has 1 fully saturated rings. The van der Waals surface area contributed by atoms with E-state index < -0.39 is 0 Å². The molecule has 0 aromatic heterocycles. The Morgan fingerprint density at radius 1 is 1.67 bits per heavy atom. The lowest BCUT2D eigenvalue weighted by Crippen LogP contribution is -2.23. The molecule has 0 aliphatic carbocycles. The highest BCUT2D eigenvalue weighted by Crippen LogP contribution is 2.09. The summed E-state index contributed by atoms with van der Waals surface area (Å²) in [7, 11) is 0. The van der Waals surface area contributed by atoms with Crippen LogP contribution in [0.5, 0.6) is 0 Å². The molecule has 0 aromatic carbocycles. The molecular weight excluding hydrogens is 154 g/mol. The van der Waals surface area contributed by atoms with Crippen LogP contribution >= 0.6 is 0 Å². The van der Waals surface area contributed by atoms with Crippen molar-refractivity contribution in [1.82, 2.24) is 5.32 Å². The van der Waals surface area contributed by atoms with Gasteiger partial charge >= 0.3 is 0 Å². The lowest BCUT2D eigenvalue weighted by Gasteiger charge is -2.09. The molecule has 0 spiro atoms. The van der Waals surface area contributed by atoms with Gasteiger partial charge in [-0.25, -0.2) is 0 Å². The van der Waals surface area contributed by atoms with Crippen molar-refractivity contribution in [2.75, 3.05) is 19.8 Å². The zero-order chi connectivity index (χ0) is 8.97. The summed E-state index contributed by atoms with van der Waals surface area (Å²) < 4.78 is 5.39. The molecule has 12 heavy (non-hydrogen) atoms. The summed E-state index contributed by atoms with van der Waals surface area (Å²) >= 11 is 0. The minimum Gasteiger partial charge on any atom is -0.380 e. The van der Waals surface area contributed by atoms with E-state index in [0.717, 1.165) is 19.6 Å². The Balaban J connectivity index is 2.10. The maximum atomic E-state index is 11.1. The van der Waals surface area contributed by atoms with Crippen LogP contribution in [0.3, 0.4) is 0 Å². The van der Waals surface area contributed by atoms with Gasteiger partial charge in [-0.2, -0.15) is 0 Å². The molecule has 1 rings (SSSR count). The molecule has 1 unspecified atom stereocenters. The first-order valence-corrected chi connectivity index (χ1v) is 4.55. The van der Waals surface area contributed by atoms with E-state index in [2.05, 4.69) is 19.2 Å². The van der Waals surface area contributed by atoms with E-state index in [4.69, 9.17) is 4.74 Å². The molecule has 0 bridgehead atoms. The van der Waals surface area contributed by atoms with Crippen molar-refractivity contribution in [3.63, 3.8) is 0 Å². The fraction of sp³-hybridized carbons (Fsp3) is 0.889. The second kappa shape index (κ2) is 4.45. The Morgan fingerprint density at radius 2 is 2.42 bits per heavy atom. The van der Waals surface area contributed by atoms with Crippen LogP contribution in [0.2, 0.25) is 0 Å². The van der Waals surface area contributed by atoms with Crippen molar-refractivity contribution in [3.8, 4) is 0 Å². The summed E-state index contributed by atoms with van der Waals surface area (Å²) in [5, 5.41) is 2.79. The highest BCUT2D eigenvalue weighted by Gasteiger charge is 2.23. The molecule has 1 aliphatic heterocycles. The predicted octanol–water partition coefficient (Wildman–Crippen LogP) is 0.795. The molecule has 0 saturated carbocycles. The maximum absolute atomic E-state index is 11.1. The van der Waals surface area contributed by atoms with Crippen molar-refractivity contribution in [3.05, 3.63) is 0 Å². The molecular formula is C9H17NO2. The zero-order valence-corrected chi connectivity index (χ0v) is 7.80. The number of carbonyl (C=O) groups excluding carboxylic acids is 1. The Labute approximate surface area is 73.5 Å². The van der Waals surface area contributed by atoms with Gasteiger partial charge in [0.2, 0.25) is 5.91 Å². The standard InChI is InChI=1S/C9H17NO2/c1-7(2)5-12-6-8-3-4-10-9(8)11/h7-8H,3-6H2,1-2H3,(H,10,11). The number of hydrogen-bond donors (Lipinski definition) is 1. The van der Waals surface area contributed by atoms with Crippen LogP contribution in [-0.4, -0.2) is 25.7 Å². The molecule has 3 heteroatoms. The lowest BCUT2D eigenvalue weighted by atomic mass is 10.1. The van der Waals surface area contributed by atoms with Crippen molar-refractivity contribution in [2.24, 2.45) is 11.8 Å². The summed E-state index contributed by atoms with van der Waals surface area (Å²) in [5.41, 5.74) is 0. The molecule has 0 radical (unpaired) electrons. The fourth-order valence-corrected chi connectivity index (χ4v) is 1.25. The fourth-order valence-electron chi connectivity index (χ4n) is 1.25. The van der Waals surface area contributed by atoms with Crippen LogP contribution in [0.25, 0.3) is 0 Å². The van der Waals surface area contributed by atoms with E-state index >= 15 is 0 Å². The number of ether oxygens (including phenoxy) is 1. The van der Waals surface area contributed by atoms with E-state index in [1.165, 1.54) is 0 Å². The third kappa shape index (κ3) is 2.81. The Kier molecular flexibility index (Phi) is 3.53. The van der Waals surface area contributed by atoms with Crippen LogP contribution in [0.1, 0.15) is 20.3 Å². The van der Waals surface area contributed by atoms with Gasteiger partial charge in [-0.15, -0.1) is 0 Å². The molecule has 1 aliphatic rings. The van der Waals surface area contributed by atoms with E-state index in [1.807, 2.05) is 0 Å². The third-order valence-corrected chi connectivity index (χ3v) is 1.93. The smallest absolute Gasteiger partial charge is 0.225 e. The Hall–Kier alpha value is -0.570. The van der Waals surface area contributed by atoms with Crippen molar-refractivity contribution >= 4 is 5.91 Å². The van der Waals surface area contributed by atoms with Gasteiger partial charge in [0.05, 0.1) is 12.5 Å². The van der Waals surface area contributed by atoms with Gasteiger partial charge in [-0.1, -0.05) is 13.8 Å². The summed E-state index contributed by atoms with van der Waals surface area (Å²) in [5.74, 6) is 0.803. The van der Waals surface area contributed by atoms with E-state index in [1.54, 1.807) is 0 Å². The second-order valence-corrected chi connectivity index (χ2v) is 3.71. The summed E-state index contributed by atoms with van der Waals surface area (Å²) in [6.07, 6.45) is 0.928. The van der Waals surface area contributed by atoms with E-state index in [-0.39, 0.29) is 11.8 Å². The normalized spacial score (nSPS) is 23.2.